The van der Waals surface area contributed by atoms with E-state index >= 15 is 0 Å². The highest BCUT2D eigenvalue weighted by molar-refractivity contribution is 7.90. The molecule has 0 bridgehead atoms. The number of nitrogens with zero attached hydrogens (tertiary/aromatic N) is 4. The first-order valence-corrected chi connectivity index (χ1v) is 11.2. The van der Waals surface area contributed by atoms with Crippen molar-refractivity contribution >= 4 is 21.3 Å². The van der Waals surface area contributed by atoms with E-state index in [1.54, 1.807) is 24.4 Å². The molecule has 30 heavy (non-hydrogen) atoms. The summed E-state index contributed by atoms with van der Waals surface area (Å²) in [5.74, 6) is -0.445. The van der Waals surface area contributed by atoms with Crippen LogP contribution in [0.3, 0.4) is 0 Å². The van der Waals surface area contributed by atoms with Gasteiger partial charge in [0.1, 0.15) is 0 Å². The number of hydrogen-bond donors (Lipinski definition) is 1. The number of aryl methyl sites for hydroxylation is 1. The summed E-state index contributed by atoms with van der Waals surface area (Å²) >= 11 is 0. The molecular formula is C21H21N5O3S. The van der Waals surface area contributed by atoms with Gasteiger partial charge in [-0.05, 0) is 38.1 Å². The van der Waals surface area contributed by atoms with Gasteiger partial charge in [-0.1, -0.05) is 24.3 Å². The van der Waals surface area contributed by atoms with Gasteiger partial charge in [0, 0.05) is 30.3 Å². The molecule has 0 saturated carbocycles. The van der Waals surface area contributed by atoms with Crippen molar-refractivity contribution in [3.05, 3.63) is 77.4 Å². The highest BCUT2D eigenvalue weighted by atomic mass is 32.2. The molecule has 1 aromatic carbocycles. The molecule has 1 N–H and O–H groups in total. The summed E-state index contributed by atoms with van der Waals surface area (Å²) in [6, 6.07) is 14.8. The van der Waals surface area contributed by atoms with Crippen molar-refractivity contribution in [2.45, 2.75) is 25.5 Å². The van der Waals surface area contributed by atoms with Gasteiger partial charge in [0.2, 0.25) is 15.0 Å². The predicted molar refractivity (Wildman–Crippen MR) is 113 cm³/mol. The lowest BCUT2D eigenvalue weighted by atomic mass is 10.2. The number of fused-ring (bicyclic) bond motifs is 1. The van der Waals surface area contributed by atoms with Crippen molar-refractivity contribution in [1.29, 1.82) is 0 Å². The topological polar surface area (TPSA) is 98.4 Å². The molecule has 4 rings (SSSR count). The molecule has 0 atom stereocenters. The van der Waals surface area contributed by atoms with E-state index in [-0.39, 0.29) is 17.4 Å². The number of benzene rings is 1. The molecule has 0 aliphatic rings. The third kappa shape index (κ3) is 3.48. The lowest BCUT2D eigenvalue weighted by Gasteiger charge is -2.06. The maximum absolute atomic E-state index is 12.9. The second-order valence-corrected chi connectivity index (χ2v) is 8.96. The van der Waals surface area contributed by atoms with Gasteiger partial charge < -0.3 is 5.32 Å². The van der Waals surface area contributed by atoms with Crippen LogP contribution in [0.5, 0.6) is 0 Å². The van der Waals surface area contributed by atoms with E-state index in [1.165, 1.54) is 4.40 Å². The molecular weight excluding hydrogens is 402 g/mol. The van der Waals surface area contributed by atoms with Crippen LogP contribution in [0.2, 0.25) is 0 Å². The maximum Gasteiger partial charge on any atom is 0.272 e. The summed E-state index contributed by atoms with van der Waals surface area (Å²) in [6.45, 7) is 4.09. The fourth-order valence-electron chi connectivity index (χ4n) is 3.44. The van der Waals surface area contributed by atoms with Gasteiger partial charge in [0.25, 0.3) is 5.91 Å². The van der Waals surface area contributed by atoms with Crippen LogP contribution in [-0.4, -0.2) is 39.7 Å². The van der Waals surface area contributed by atoms with E-state index in [0.717, 1.165) is 28.9 Å². The van der Waals surface area contributed by atoms with Crippen molar-refractivity contribution in [2.75, 3.05) is 6.26 Å². The SMILES string of the molecule is Cc1nn(-c2ccccc2)c(C)c1CNC(=O)c1nc(S(C)(=O)=O)n2ccccc12. The first-order chi connectivity index (χ1) is 14.3. The molecule has 8 nitrogen and oxygen atoms in total. The molecule has 4 aromatic rings. The van der Waals surface area contributed by atoms with E-state index in [4.69, 9.17) is 0 Å². The zero-order chi connectivity index (χ0) is 21.5. The van der Waals surface area contributed by atoms with Crippen LogP contribution in [0, 0.1) is 13.8 Å². The Kier molecular flexibility index (Phi) is 4.90. The van der Waals surface area contributed by atoms with Crippen LogP contribution in [-0.2, 0) is 16.4 Å². The average Bonchev–Trinajstić information content (AvgIpc) is 3.25. The van der Waals surface area contributed by atoms with Crippen LogP contribution in [0.15, 0.2) is 59.9 Å². The summed E-state index contributed by atoms with van der Waals surface area (Å²) in [6.07, 6.45) is 2.65. The monoisotopic (exact) mass is 423 g/mol. The third-order valence-corrected chi connectivity index (χ3v) is 5.88. The standard InChI is InChI=1S/C21H21N5O3S/c1-14-17(15(2)26(24-14)16-9-5-4-6-10-16)13-22-20(27)19-18-11-7-8-12-25(18)21(23-19)30(3,28)29/h4-12H,13H2,1-3H3,(H,22,27). The molecule has 0 radical (unpaired) electrons. The lowest BCUT2D eigenvalue weighted by molar-refractivity contribution is 0.0947. The third-order valence-electron chi connectivity index (χ3n) is 4.93. The maximum atomic E-state index is 12.9. The summed E-state index contributed by atoms with van der Waals surface area (Å²) in [5, 5.41) is 7.28. The number of carbonyl (C=O) groups excluding carboxylic acids is 1. The number of para-hydroxylation sites is 1. The molecule has 0 saturated heterocycles. The second kappa shape index (κ2) is 7.42. The smallest absolute Gasteiger partial charge is 0.272 e. The van der Waals surface area contributed by atoms with Gasteiger partial charge >= 0.3 is 0 Å². The van der Waals surface area contributed by atoms with Crippen molar-refractivity contribution in [1.82, 2.24) is 24.5 Å². The molecule has 0 fully saturated rings. The number of aromatic nitrogens is 4. The fourth-order valence-corrected chi connectivity index (χ4v) is 4.22. The van der Waals surface area contributed by atoms with Crippen molar-refractivity contribution in [3.8, 4) is 5.69 Å². The predicted octanol–water partition coefficient (Wildman–Crippen LogP) is 2.47. The summed E-state index contributed by atoms with van der Waals surface area (Å²) in [5.41, 5.74) is 4.08. The summed E-state index contributed by atoms with van der Waals surface area (Å²) in [7, 11) is -3.59. The van der Waals surface area contributed by atoms with Crippen LogP contribution in [0.25, 0.3) is 11.2 Å². The number of pyridine rings is 1. The minimum atomic E-state index is -3.59. The Morgan fingerprint density at radius 3 is 2.47 bits per heavy atom. The number of amides is 1. The molecule has 154 valence electrons. The number of sulfone groups is 1. The largest absolute Gasteiger partial charge is 0.346 e. The van der Waals surface area contributed by atoms with Crippen LogP contribution in [0.4, 0.5) is 0 Å². The molecule has 3 aromatic heterocycles. The van der Waals surface area contributed by atoms with Crippen molar-refractivity contribution in [2.24, 2.45) is 0 Å². The van der Waals surface area contributed by atoms with Gasteiger partial charge in [-0.15, -0.1) is 0 Å². The van der Waals surface area contributed by atoms with Crippen LogP contribution in [0.1, 0.15) is 27.4 Å². The highest BCUT2D eigenvalue weighted by Crippen LogP contribution is 2.19. The van der Waals surface area contributed by atoms with E-state index in [0.29, 0.717) is 5.52 Å². The number of rotatable bonds is 5. The quantitative estimate of drug-likeness (QED) is 0.532. The molecule has 0 aliphatic heterocycles. The fraction of sp³-hybridized carbons (Fsp3) is 0.190. The van der Waals surface area contributed by atoms with Crippen LogP contribution < -0.4 is 5.32 Å². The highest BCUT2D eigenvalue weighted by Gasteiger charge is 2.23. The zero-order valence-corrected chi connectivity index (χ0v) is 17.6. The van der Waals surface area contributed by atoms with Gasteiger partial charge in [-0.2, -0.15) is 5.10 Å². The van der Waals surface area contributed by atoms with E-state index in [1.807, 2.05) is 48.9 Å². The van der Waals surface area contributed by atoms with Gasteiger partial charge in [-0.25, -0.2) is 18.1 Å². The molecule has 3 heterocycles. The van der Waals surface area contributed by atoms with Crippen molar-refractivity contribution in [3.63, 3.8) is 0 Å². The normalized spacial score (nSPS) is 11.7. The Hall–Kier alpha value is -3.46. The van der Waals surface area contributed by atoms with Crippen LogP contribution >= 0.6 is 0 Å². The van der Waals surface area contributed by atoms with Gasteiger partial charge in [0.05, 0.1) is 16.9 Å². The first kappa shape index (κ1) is 19.8. The molecule has 0 spiro atoms. The summed E-state index contributed by atoms with van der Waals surface area (Å²) < 4.78 is 27.4. The van der Waals surface area contributed by atoms with E-state index in [2.05, 4.69) is 15.4 Å². The van der Waals surface area contributed by atoms with Gasteiger partial charge in [0.15, 0.2) is 5.69 Å². The Bertz CT molecular complexity index is 1350. The Balaban J connectivity index is 1.63. The zero-order valence-electron chi connectivity index (χ0n) is 16.8. The first-order valence-electron chi connectivity index (χ1n) is 9.33. The molecule has 0 unspecified atom stereocenters. The van der Waals surface area contributed by atoms with E-state index < -0.39 is 15.7 Å². The lowest BCUT2D eigenvalue weighted by Crippen LogP contribution is -2.24. The molecule has 1 amide bonds. The second-order valence-electron chi connectivity index (χ2n) is 7.05. The molecule has 9 heteroatoms. The van der Waals surface area contributed by atoms with Crippen molar-refractivity contribution < 1.29 is 13.2 Å². The summed E-state index contributed by atoms with van der Waals surface area (Å²) in [4.78, 5) is 17.0. The average molecular weight is 423 g/mol. The Labute approximate surface area is 174 Å². The molecule has 0 aliphatic carbocycles. The Morgan fingerprint density at radius 2 is 1.77 bits per heavy atom. The number of hydrogen-bond acceptors (Lipinski definition) is 5. The minimum Gasteiger partial charge on any atom is -0.346 e. The minimum absolute atomic E-state index is 0.0711. The number of nitrogens with one attached hydrogen (secondary N) is 1. The Morgan fingerprint density at radius 1 is 1.07 bits per heavy atom. The number of carbonyl (C=O) groups is 1. The van der Waals surface area contributed by atoms with E-state index in [9.17, 15) is 13.2 Å². The number of imidazole rings is 1. The van der Waals surface area contributed by atoms with Gasteiger partial charge in [-0.3, -0.25) is 9.20 Å².